The van der Waals surface area contributed by atoms with E-state index in [0.29, 0.717) is 6.42 Å². The van der Waals surface area contributed by atoms with Gasteiger partial charge in [-0.05, 0) is 24.3 Å². The van der Waals surface area contributed by atoms with Crippen LogP contribution >= 0.6 is 11.8 Å². The standard InChI is InChI=1S/C17H20N2O3S2/c1-19(2)24(21,22)15-10-11-17(18-13-15)23-12-6-9-16(20)14-7-4-3-5-8-14/h3-5,7-8,10-11,13H,6,9,12H2,1-2H3. The van der Waals surface area contributed by atoms with E-state index < -0.39 is 10.0 Å². The third-order valence-corrected chi connectivity index (χ3v) is 6.21. The van der Waals surface area contributed by atoms with Gasteiger partial charge in [0.25, 0.3) is 0 Å². The zero-order chi connectivity index (χ0) is 17.6. The summed E-state index contributed by atoms with van der Waals surface area (Å²) in [6, 6.07) is 12.5. The van der Waals surface area contributed by atoms with Crippen molar-refractivity contribution >= 4 is 27.6 Å². The monoisotopic (exact) mass is 364 g/mol. The second-order valence-corrected chi connectivity index (χ2v) is 8.63. The van der Waals surface area contributed by atoms with Crippen LogP contribution in [0.25, 0.3) is 0 Å². The van der Waals surface area contributed by atoms with E-state index in [9.17, 15) is 13.2 Å². The number of benzene rings is 1. The summed E-state index contributed by atoms with van der Waals surface area (Å²) in [7, 11) is -0.468. The smallest absolute Gasteiger partial charge is 0.244 e. The topological polar surface area (TPSA) is 67.3 Å². The molecule has 128 valence electrons. The fourth-order valence-corrected chi connectivity index (χ4v) is 3.63. The van der Waals surface area contributed by atoms with Crippen LogP contribution in [-0.4, -0.2) is 43.3 Å². The minimum atomic E-state index is -3.44. The molecular weight excluding hydrogens is 344 g/mol. The molecule has 24 heavy (non-hydrogen) atoms. The fraction of sp³-hybridized carbons (Fsp3) is 0.294. The molecule has 0 aliphatic rings. The Hall–Kier alpha value is -1.70. The number of thioether (sulfide) groups is 1. The molecule has 1 aromatic carbocycles. The minimum Gasteiger partial charge on any atom is -0.294 e. The van der Waals surface area contributed by atoms with Crippen LogP contribution in [-0.2, 0) is 10.0 Å². The summed E-state index contributed by atoms with van der Waals surface area (Å²) >= 11 is 1.51. The molecule has 0 atom stereocenters. The summed E-state index contributed by atoms with van der Waals surface area (Å²) in [5.74, 6) is 0.891. The lowest BCUT2D eigenvalue weighted by Gasteiger charge is -2.11. The Morgan fingerprint density at radius 2 is 1.83 bits per heavy atom. The number of aromatic nitrogens is 1. The summed E-state index contributed by atoms with van der Waals surface area (Å²) in [4.78, 5) is 16.3. The highest BCUT2D eigenvalue weighted by Gasteiger charge is 2.17. The normalized spacial score (nSPS) is 11.6. The van der Waals surface area contributed by atoms with E-state index in [1.807, 2.05) is 30.3 Å². The lowest BCUT2D eigenvalue weighted by molar-refractivity contribution is 0.0982. The number of hydrogen-bond donors (Lipinski definition) is 0. The summed E-state index contributed by atoms with van der Waals surface area (Å²) in [6.45, 7) is 0. The van der Waals surface area contributed by atoms with E-state index in [-0.39, 0.29) is 10.7 Å². The van der Waals surface area contributed by atoms with Gasteiger partial charge in [0.15, 0.2) is 5.78 Å². The largest absolute Gasteiger partial charge is 0.294 e. The van der Waals surface area contributed by atoms with Gasteiger partial charge in [-0.1, -0.05) is 30.3 Å². The Balaban J connectivity index is 1.82. The molecule has 0 aliphatic heterocycles. The van der Waals surface area contributed by atoms with Gasteiger partial charge in [-0.15, -0.1) is 11.8 Å². The summed E-state index contributed by atoms with van der Waals surface area (Å²) in [5, 5.41) is 0.750. The molecule has 0 aliphatic carbocycles. The van der Waals surface area contributed by atoms with Gasteiger partial charge in [0.2, 0.25) is 10.0 Å². The first-order chi connectivity index (χ1) is 11.4. The number of Topliss-reactive ketones (excluding diaryl/α,β-unsaturated/α-hetero) is 1. The molecule has 0 spiro atoms. The number of carbonyl (C=O) groups is 1. The van der Waals surface area contributed by atoms with Crippen molar-refractivity contribution in [3.8, 4) is 0 Å². The molecule has 7 heteroatoms. The maximum absolute atomic E-state index is 12.0. The van der Waals surface area contributed by atoms with Crippen molar-refractivity contribution in [1.82, 2.24) is 9.29 Å². The van der Waals surface area contributed by atoms with Gasteiger partial charge in [0.05, 0.1) is 5.03 Å². The first-order valence-corrected chi connectivity index (χ1v) is 9.93. The van der Waals surface area contributed by atoms with Crippen molar-refractivity contribution in [2.24, 2.45) is 0 Å². The van der Waals surface area contributed by atoms with E-state index in [4.69, 9.17) is 0 Å². The van der Waals surface area contributed by atoms with E-state index in [1.165, 1.54) is 32.1 Å². The van der Waals surface area contributed by atoms with E-state index in [0.717, 1.165) is 27.1 Å². The number of carbonyl (C=O) groups excluding carboxylic acids is 1. The van der Waals surface area contributed by atoms with Crippen LogP contribution in [0.4, 0.5) is 0 Å². The number of rotatable bonds is 8. The molecule has 0 unspecified atom stereocenters. The second kappa shape index (κ2) is 8.41. The van der Waals surface area contributed by atoms with E-state index >= 15 is 0 Å². The average Bonchev–Trinajstić information content (AvgIpc) is 2.59. The molecule has 5 nitrogen and oxygen atoms in total. The lowest BCUT2D eigenvalue weighted by atomic mass is 10.1. The van der Waals surface area contributed by atoms with Gasteiger partial charge in [-0.3, -0.25) is 4.79 Å². The molecular formula is C17H20N2O3S2. The van der Waals surface area contributed by atoms with Gasteiger partial charge in [-0.25, -0.2) is 17.7 Å². The summed E-state index contributed by atoms with van der Waals surface area (Å²) in [6.07, 6.45) is 2.61. The number of pyridine rings is 1. The molecule has 0 amide bonds. The lowest BCUT2D eigenvalue weighted by Crippen LogP contribution is -2.22. The Kier molecular flexibility index (Phi) is 6.53. The molecule has 0 saturated carbocycles. The molecule has 0 N–H and O–H groups in total. The molecule has 0 saturated heterocycles. The van der Waals surface area contributed by atoms with Crippen LogP contribution in [0.5, 0.6) is 0 Å². The van der Waals surface area contributed by atoms with Gasteiger partial charge in [0, 0.05) is 32.3 Å². The van der Waals surface area contributed by atoms with Crippen molar-refractivity contribution in [2.75, 3.05) is 19.8 Å². The van der Waals surface area contributed by atoms with Crippen molar-refractivity contribution in [3.05, 3.63) is 54.2 Å². The average molecular weight is 364 g/mol. The Morgan fingerprint density at radius 3 is 2.42 bits per heavy atom. The zero-order valence-electron chi connectivity index (χ0n) is 13.7. The quantitative estimate of drug-likeness (QED) is 0.409. The van der Waals surface area contributed by atoms with Crippen LogP contribution < -0.4 is 0 Å². The number of nitrogens with zero attached hydrogens (tertiary/aromatic N) is 2. The van der Waals surface area contributed by atoms with Crippen molar-refractivity contribution in [3.63, 3.8) is 0 Å². The van der Waals surface area contributed by atoms with Crippen molar-refractivity contribution in [2.45, 2.75) is 22.8 Å². The minimum absolute atomic E-state index is 0.136. The third kappa shape index (κ3) is 4.90. The summed E-state index contributed by atoms with van der Waals surface area (Å²) < 4.78 is 25.1. The zero-order valence-corrected chi connectivity index (χ0v) is 15.3. The van der Waals surface area contributed by atoms with Crippen molar-refractivity contribution in [1.29, 1.82) is 0 Å². The predicted octanol–water partition coefficient (Wildman–Crippen LogP) is 3.09. The molecule has 1 aromatic heterocycles. The van der Waals surface area contributed by atoms with Crippen LogP contribution in [0.2, 0.25) is 0 Å². The highest BCUT2D eigenvalue weighted by Crippen LogP contribution is 2.20. The first kappa shape index (κ1) is 18.6. The van der Waals surface area contributed by atoms with Gasteiger partial charge in [-0.2, -0.15) is 0 Å². The Morgan fingerprint density at radius 1 is 1.12 bits per heavy atom. The van der Waals surface area contributed by atoms with Gasteiger partial charge < -0.3 is 0 Å². The second-order valence-electron chi connectivity index (χ2n) is 5.36. The van der Waals surface area contributed by atoms with Crippen LogP contribution in [0, 0.1) is 0 Å². The van der Waals surface area contributed by atoms with Crippen LogP contribution in [0.1, 0.15) is 23.2 Å². The molecule has 0 fully saturated rings. The number of hydrogen-bond acceptors (Lipinski definition) is 5. The van der Waals surface area contributed by atoms with E-state index in [1.54, 1.807) is 12.1 Å². The highest BCUT2D eigenvalue weighted by molar-refractivity contribution is 7.99. The number of sulfonamides is 1. The highest BCUT2D eigenvalue weighted by atomic mass is 32.2. The molecule has 0 bridgehead atoms. The van der Waals surface area contributed by atoms with Crippen LogP contribution in [0.3, 0.4) is 0 Å². The molecule has 2 aromatic rings. The maximum Gasteiger partial charge on any atom is 0.244 e. The Labute approximate surface area is 147 Å². The molecule has 1 heterocycles. The van der Waals surface area contributed by atoms with Crippen molar-refractivity contribution < 1.29 is 13.2 Å². The van der Waals surface area contributed by atoms with Gasteiger partial charge >= 0.3 is 0 Å². The molecule has 2 rings (SSSR count). The summed E-state index contributed by atoms with van der Waals surface area (Å²) in [5.41, 5.74) is 0.735. The van der Waals surface area contributed by atoms with E-state index in [2.05, 4.69) is 4.98 Å². The Bertz CT molecular complexity index is 773. The fourth-order valence-electron chi connectivity index (χ4n) is 1.99. The first-order valence-electron chi connectivity index (χ1n) is 7.51. The van der Waals surface area contributed by atoms with Gasteiger partial charge in [0.1, 0.15) is 4.90 Å². The van der Waals surface area contributed by atoms with Crippen LogP contribution in [0.15, 0.2) is 58.6 Å². The predicted molar refractivity (Wildman–Crippen MR) is 95.8 cm³/mol. The molecule has 0 radical (unpaired) electrons. The maximum atomic E-state index is 12.0. The third-order valence-electron chi connectivity index (χ3n) is 3.38. The SMILES string of the molecule is CN(C)S(=O)(=O)c1ccc(SCCCC(=O)c2ccccc2)nc1. The number of ketones is 1.